The summed E-state index contributed by atoms with van der Waals surface area (Å²) in [6, 6.07) is 3.59. The third kappa shape index (κ3) is 2.66. The van der Waals surface area contributed by atoms with Crippen LogP contribution in [0.15, 0.2) is 16.6 Å². The third-order valence-electron chi connectivity index (χ3n) is 2.27. The maximum absolute atomic E-state index is 9.90. The van der Waals surface area contributed by atoms with Crippen molar-refractivity contribution in [2.75, 3.05) is 27.8 Å². The monoisotopic (exact) mass is 289 g/mol. The van der Waals surface area contributed by atoms with Crippen LogP contribution in [0.25, 0.3) is 0 Å². The van der Waals surface area contributed by atoms with E-state index in [0.717, 1.165) is 10.0 Å². The third-order valence-corrected chi connectivity index (χ3v) is 3.09. The van der Waals surface area contributed by atoms with Crippen molar-refractivity contribution in [3.8, 4) is 11.5 Å². The van der Waals surface area contributed by atoms with E-state index < -0.39 is 6.10 Å². The summed E-state index contributed by atoms with van der Waals surface area (Å²) in [6.07, 6.45) is -0.584. The zero-order valence-electron chi connectivity index (χ0n) is 9.58. The van der Waals surface area contributed by atoms with Gasteiger partial charge in [0.2, 0.25) is 0 Å². The molecule has 1 unspecified atom stereocenters. The van der Waals surface area contributed by atoms with Crippen molar-refractivity contribution in [2.24, 2.45) is 0 Å². The predicted molar refractivity (Wildman–Crippen MR) is 66.1 cm³/mol. The fraction of sp³-hybridized carbons (Fsp3) is 0.455. The van der Waals surface area contributed by atoms with Gasteiger partial charge in [-0.3, -0.25) is 0 Å². The maximum atomic E-state index is 9.90. The van der Waals surface area contributed by atoms with Crippen LogP contribution in [0, 0.1) is 0 Å². The summed E-state index contributed by atoms with van der Waals surface area (Å²) in [4.78, 5) is 0. The lowest BCUT2D eigenvalue weighted by Crippen LogP contribution is -2.17. The largest absolute Gasteiger partial charge is 0.493 e. The van der Waals surface area contributed by atoms with Crippen LogP contribution in [0.1, 0.15) is 11.7 Å². The molecule has 1 aromatic carbocycles. The van der Waals surface area contributed by atoms with Gasteiger partial charge in [0.25, 0.3) is 0 Å². The average molecular weight is 290 g/mol. The summed E-state index contributed by atoms with van der Waals surface area (Å²) in [5.41, 5.74) is 0.770. The molecule has 0 heterocycles. The average Bonchev–Trinajstić information content (AvgIpc) is 2.28. The molecule has 90 valence electrons. The molecular weight excluding hydrogens is 274 g/mol. The minimum atomic E-state index is -0.584. The highest BCUT2D eigenvalue weighted by Gasteiger charge is 2.17. The van der Waals surface area contributed by atoms with Crippen molar-refractivity contribution in [3.63, 3.8) is 0 Å². The van der Waals surface area contributed by atoms with Crippen LogP contribution in [0.4, 0.5) is 0 Å². The molecule has 4 nitrogen and oxygen atoms in total. The standard InChI is InChI=1S/C11H16BrNO3/c1-13-6-8(14)7-4-5-9(15-2)11(16-3)10(7)12/h4-5,8,13-14H,6H2,1-3H3. The number of likely N-dealkylation sites (N-methyl/N-ethyl adjacent to an activating group) is 1. The molecule has 2 N–H and O–H groups in total. The van der Waals surface area contributed by atoms with Gasteiger partial charge in [-0.15, -0.1) is 0 Å². The van der Waals surface area contributed by atoms with E-state index >= 15 is 0 Å². The Labute approximate surface area is 104 Å². The molecule has 1 atom stereocenters. The molecule has 0 spiro atoms. The Morgan fingerprint density at radius 1 is 1.38 bits per heavy atom. The number of aliphatic hydroxyl groups excluding tert-OH is 1. The van der Waals surface area contributed by atoms with Gasteiger partial charge in [0.15, 0.2) is 11.5 Å². The van der Waals surface area contributed by atoms with Crippen LogP contribution in [0.3, 0.4) is 0 Å². The van der Waals surface area contributed by atoms with Crippen LogP contribution < -0.4 is 14.8 Å². The summed E-state index contributed by atoms with van der Waals surface area (Å²) < 4.78 is 11.1. The van der Waals surface area contributed by atoms with Crippen LogP contribution >= 0.6 is 15.9 Å². The number of benzene rings is 1. The Hall–Kier alpha value is -0.780. The molecule has 1 rings (SSSR count). The van der Waals surface area contributed by atoms with E-state index in [2.05, 4.69) is 21.2 Å². The van der Waals surface area contributed by atoms with Crippen molar-refractivity contribution in [2.45, 2.75) is 6.10 Å². The predicted octanol–water partition coefficient (Wildman–Crippen LogP) is 1.72. The van der Waals surface area contributed by atoms with E-state index in [1.54, 1.807) is 27.3 Å². The van der Waals surface area contributed by atoms with E-state index in [-0.39, 0.29) is 0 Å². The van der Waals surface area contributed by atoms with Gasteiger partial charge < -0.3 is 19.9 Å². The molecule has 0 saturated carbocycles. The molecule has 0 radical (unpaired) electrons. The molecular formula is C11H16BrNO3. The second-order valence-electron chi connectivity index (χ2n) is 3.28. The quantitative estimate of drug-likeness (QED) is 0.867. The van der Waals surface area contributed by atoms with Gasteiger partial charge in [0.05, 0.1) is 24.8 Å². The molecule has 0 aromatic heterocycles. The molecule has 0 aliphatic rings. The van der Waals surface area contributed by atoms with Crippen LogP contribution in [-0.2, 0) is 0 Å². The summed E-state index contributed by atoms with van der Waals surface area (Å²) in [6.45, 7) is 0.480. The van der Waals surface area contributed by atoms with Gasteiger partial charge in [-0.1, -0.05) is 6.07 Å². The van der Waals surface area contributed by atoms with Crippen molar-refractivity contribution >= 4 is 15.9 Å². The van der Waals surface area contributed by atoms with Gasteiger partial charge in [0, 0.05) is 6.54 Å². The molecule has 0 bridgehead atoms. The van der Waals surface area contributed by atoms with Gasteiger partial charge in [-0.05, 0) is 34.6 Å². The van der Waals surface area contributed by atoms with E-state index in [1.807, 2.05) is 6.07 Å². The fourth-order valence-electron chi connectivity index (χ4n) is 1.47. The molecule has 16 heavy (non-hydrogen) atoms. The molecule has 5 heteroatoms. The minimum Gasteiger partial charge on any atom is -0.493 e. The van der Waals surface area contributed by atoms with E-state index in [0.29, 0.717) is 18.0 Å². The highest BCUT2D eigenvalue weighted by molar-refractivity contribution is 9.10. The Morgan fingerprint density at radius 3 is 2.56 bits per heavy atom. The minimum absolute atomic E-state index is 0.480. The second-order valence-corrected chi connectivity index (χ2v) is 4.07. The van der Waals surface area contributed by atoms with Gasteiger partial charge in [0.1, 0.15) is 0 Å². The van der Waals surface area contributed by atoms with Gasteiger partial charge in [-0.25, -0.2) is 0 Å². The summed E-state index contributed by atoms with van der Waals surface area (Å²) in [5.74, 6) is 1.23. The fourth-order valence-corrected chi connectivity index (χ4v) is 2.22. The molecule has 0 saturated heterocycles. The number of aliphatic hydroxyl groups is 1. The summed E-state index contributed by atoms with van der Waals surface area (Å²) >= 11 is 3.41. The zero-order chi connectivity index (χ0) is 12.1. The topological polar surface area (TPSA) is 50.7 Å². The SMILES string of the molecule is CNCC(O)c1ccc(OC)c(OC)c1Br. The number of rotatable bonds is 5. The smallest absolute Gasteiger partial charge is 0.175 e. The number of hydrogen-bond donors (Lipinski definition) is 2. The first-order valence-electron chi connectivity index (χ1n) is 4.88. The Kier molecular flexibility index (Phi) is 5.05. The Balaban J connectivity index is 3.13. The van der Waals surface area contributed by atoms with Gasteiger partial charge >= 0.3 is 0 Å². The highest BCUT2D eigenvalue weighted by atomic mass is 79.9. The van der Waals surface area contributed by atoms with Crippen LogP contribution in [0.5, 0.6) is 11.5 Å². The Morgan fingerprint density at radius 2 is 2.06 bits per heavy atom. The number of hydrogen-bond acceptors (Lipinski definition) is 4. The lowest BCUT2D eigenvalue weighted by molar-refractivity contribution is 0.176. The zero-order valence-corrected chi connectivity index (χ0v) is 11.2. The first kappa shape index (κ1) is 13.3. The molecule has 1 aromatic rings. The van der Waals surface area contributed by atoms with E-state index in [4.69, 9.17) is 9.47 Å². The molecule has 0 fully saturated rings. The second kappa shape index (κ2) is 6.08. The molecule has 0 aliphatic carbocycles. The molecule has 0 amide bonds. The summed E-state index contributed by atoms with van der Waals surface area (Å²) in [5, 5.41) is 12.8. The highest BCUT2D eigenvalue weighted by Crippen LogP contribution is 2.39. The lowest BCUT2D eigenvalue weighted by atomic mass is 10.1. The van der Waals surface area contributed by atoms with Crippen molar-refractivity contribution in [1.29, 1.82) is 0 Å². The number of ether oxygens (including phenoxy) is 2. The molecule has 0 aliphatic heterocycles. The first-order valence-corrected chi connectivity index (χ1v) is 5.68. The van der Waals surface area contributed by atoms with Crippen LogP contribution in [0.2, 0.25) is 0 Å². The van der Waals surface area contributed by atoms with Crippen molar-refractivity contribution in [1.82, 2.24) is 5.32 Å². The van der Waals surface area contributed by atoms with E-state index in [9.17, 15) is 5.11 Å². The first-order chi connectivity index (χ1) is 7.65. The number of methoxy groups -OCH3 is 2. The van der Waals surface area contributed by atoms with Crippen molar-refractivity contribution < 1.29 is 14.6 Å². The summed E-state index contributed by atoms with van der Waals surface area (Å²) in [7, 11) is 4.93. The van der Waals surface area contributed by atoms with E-state index in [1.165, 1.54) is 0 Å². The number of nitrogens with one attached hydrogen (secondary N) is 1. The van der Waals surface area contributed by atoms with Gasteiger partial charge in [-0.2, -0.15) is 0 Å². The normalized spacial score (nSPS) is 12.3. The van der Waals surface area contributed by atoms with Crippen molar-refractivity contribution in [3.05, 3.63) is 22.2 Å². The lowest BCUT2D eigenvalue weighted by Gasteiger charge is -2.16. The Bertz CT molecular complexity index is 357. The maximum Gasteiger partial charge on any atom is 0.175 e. The number of halogens is 1. The van der Waals surface area contributed by atoms with Crippen LogP contribution in [-0.4, -0.2) is 32.9 Å².